The molecule has 0 spiro atoms. The molecule has 2 aromatic carbocycles. The van der Waals surface area contributed by atoms with Crippen molar-refractivity contribution in [3.8, 4) is 23.0 Å². The average molecular weight is 402 g/mol. The first-order valence-corrected chi connectivity index (χ1v) is 9.42. The van der Waals surface area contributed by atoms with Gasteiger partial charge in [0, 0.05) is 5.56 Å². The third-order valence-electron chi connectivity index (χ3n) is 5.36. The van der Waals surface area contributed by atoms with E-state index < -0.39 is 0 Å². The van der Waals surface area contributed by atoms with Crippen LogP contribution in [0.15, 0.2) is 58.9 Å². The second-order valence-electron chi connectivity index (χ2n) is 7.15. The lowest BCUT2D eigenvalue weighted by molar-refractivity contribution is -0.135. The molecule has 0 bridgehead atoms. The molecule has 0 unspecified atom stereocenters. The number of fused-ring (bicyclic) bond motifs is 4. The molecule has 6 rings (SSSR count). The number of hydrogen-bond donors (Lipinski definition) is 0. The van der Waals surface area contributed by atoms with Gasteiger partial charge in [-0.2, -0.15) is 0 Å². The minimum absolute atomic E-state index is 0.107. The third-order valence-corrected chi connectivity index (χ3v) is 5.36. The molecule has 4 heterocycles. The lowest BCUT2D eigenvalue weighted by Gasteiger charge is -2.24. The summed E-state index contributed by atoms with van der Waals surface area (Å²) in [6.45, 7) is 0.176. The monoisotopic (exact) mass is 402 g/mol. The summed E-state index contributed by atoms with van der Waals surface area (Å²) in [5.74, 6) is 1.89. The third kappa shape index (κ3) is 2.52. The number of benzene rings is 2. The molecule has 3 aliphatic rings. The topological polar surface area (TPSA) is 84.2 Å². The Morgan fingerprint density at radius 2 is 1.80 bits per heavy atom. The fourth-order valence-electron chi connectivity index (χ4n) is 3.99. The predicted molar refractivity (Wildman–Crippen MR) is 103 cm³/mol. The van der Waals surface area contributed by atoms with Gasteiger partial charge in [-0.3, -0.25) is 9.59 Å². The molecule has 1 atom stereocenters. The lowest BCUT2D eigenvalue weighted by atomic mass is 9.88. The summed E-state index contributed by atoms with van der Waals surface area (Å²) in [7, 11) is 0. The fraction of sp³-hybridized carbons (Fsp3) is 0.130. The molecule has 1 aromatic heterocycles. The molecule has 0 saturated heterocycles. The van der Waals surface area contributed by atoms with Crippen molar-refractivity contribution in [2.45, 2.75) is 12.3 Å². The Morgan fingerprint density at radius 1 is 0.933 bits per heavy atom. The number of esters is 1. The van der Waals surface area contributed by atoms with E-state index in [-0.39, 0.29) is 36.6 Å². The standard InChI is InChI=1S/C23H14O7/c24-20-10-14(15-2-1-7-26-15)21-17(29-20)6-4-13-22(25)19(30-23(13)21)9-12-3-5-16-18(8-12)28-11-27-16/h1-9,14H,10-11H2/b19-9-/t14-/m1/s1. The van der Waals surface area contributed by atoms with E-state index in [0.29, 0.717) is 39.9 Å². The van der Waals surface area contributed by atoms with Gasteiger partial charge in [0.25, 0.3) is 0 Å². The van der Waals surface area contributed by atoms with Gasteiger partial charge in [-0.1, -0.05) is 6.07 Å². The Hall–Kier alpha value is -4.00. The molecule has 0 amide bonds. The van der Waals surface area contributed by atoms with Gasteiger partial charge < -0.3 is 23.4 Å². The van der Waals surface area contributed by atoms with Crippen molar-refractivity contribution in [2.24, 2.45) is 0 Å². The second-order valence-corrected chi connectivity index (χ2v) is 7.15. The highest BCUT2D eigenvalue weighted by Crippen LogP contribution is 2.49. The maximum absolute atomic E-state index is 13.0. The summed E-state index contributed by atoms with van der Waals surface area (Å²) < 4.78 is 27.7. The molecular formula is C23H14O7. The minimum atomic E-state index is -0.385. The Bertz CT molecular complexity index is 1240. The van der Waals surface area contributed by atoms with Gasteiger partial charge in [-0.15, -0.1) is 0 Å². The molecule has 3 aliphatic heterocycles. The van der Waals surface area contributed by atoms with Crippen LogP contribution in [0, 0.1) is 0 Å². The SMILES string of the molecule is O=C1C[C@H](c2ccco2)c2c(ccc3c2O/C(=C\c2ccc4c(c2)OCO4)C3=O)O1. The zero-order chi connectivity index (χ0) is 20.2. The molecule has 0 fully saturated rings. The number of allylic oxidation sites excluding steroid dienone is 1. The van der Waals surface area contributed by atoms with Crippen LogP contribution in [0.2, 0.25) is 0 Å². The van der Waals surface area contributed by atoms with E-state index in [9.17, 15) is 9.59 Å². The van der Waals surface area contributed by atoms with Crippen molar-refractivity contribution in [2.75, 3.05) is 6.79 Å². The maximum Gasteiger partial charge on any atom is 0.312 e. The molecule has 30 heavy (non-hydrogen) atoms. The van der Waals surface area contributed by atoms with Gasteiger partial charge >= 0.3 is 5.97 Å². The predicted octanol–water partition coefficient (Wildman–Crippen LogP) is 4.07. The first-order valence-electron chi connectivity index (χ1n) is 9.42. The highest BCUT2D eigenvalue weighted by molar-refractivity contribution is 6.15. The normalized spacial score (nSPS) is 20.0. The molecule has 0 radical (unpaired) electrons. The van der Waals surface area contributed by atoms with Gasteiger partial charge in [0.05, 0.1) is 24.2 Å². The van der Waals surface area contributed by atoms with Crippen LogP contribution in [0.3, 0.4) is 0 Å². The van der Waals surface area contributed by atoms with Gasteiger partial charge in [0.2, 0.25) is 12.6 Å². The van der Waals surface area contributed by atoms with E-state index in [1.54, 1.807) is 48.7 Å². The zero-order valence-corrected chi connectivity index (χ0v) is 15.5. The quantitative estimate of drug-likeness (QED) is 0.363. The molecule has 3 aromatic rings. The van der Waals surface area contributed by atoms with Crippen LogP contribution in [0.1, 0.15) is 39.6 Å². The number of carbonyl (C=O) groups is 2. The van der Waals surface area contributed by atoms with Crippen LogP contribution >= 0.6 is 0 Å². The minimum Gasteiger partial charge on any atom is -0.469 e. The van der Waals surface area contributed by atoms with Crippen molar-refractivity contribution < 1.29 is 33.0 Å². The Balaban J connectivity index is 1.43. The van der Waals surface area contributed by atoms with E-state index in [1.807, 2.05) is 6.07 Å². The van der Waals surface area contributed by atoms with Crippen molar-refractivity contribution in [3.63, 3.8) is 0 Å². The highest BCUT2D eigenvalue weighted by atomic mass is 16.7. The molecular weight excluding hydrogens is 388 g/mol. The molecule has 7 nitrogen and oxygen atoms in total. The van der Waals surface area contributed by atoms with Crippen LogP contribution in [0.25, 0.3) is 6.08 Å². The van der Waals surface area contributed by atoms with Crippen LogP contribution in [-0.2, 0) is 4.79 Å². The number of ketones is 1. The largest absolute Gasteiger partial charge is 0.469 e. The molecule has 0 saturated carbocycles. The smallest absolute Gasteiger partial charge is 0.312 e. The summed E-state index contributed by atoms with van der Waals surface area (Å²) in [4.78, 5) is 25.1. The number of rotatable bonds is 2. The first-order chi connectivity index (χ1) is 14.7. The van der Waals surface area contributed by atoms with E-state index in [2.05, 4.69) is 0 Å². The summed E-state index contributed by atoms with van der Waals surface area (Å²) in [5.41, 5.74) is 1.82. The van der Waals surface area contributed by atoms with Crippen molar-refractivity contribution in [3.05, 3.63) is 76.9 Å². The van der Waals surface area contributed by atoms with Crippen molar-refractivity contribution in [1.29, 1.82) is 0 Å². The number of ether oxygens (including phenoxy) is 4. The van der Waals surface area contributed by atoms with Gasteiger partial charge in [0.1, 0.15) is 17.3 Å². The first kappa shape index (κ1) is 16.9. The molecule has 148 valence electrons. The lowest BCUT2D eigenvalue weighted by Crippen LogP contribution is -2.21. The van der Waals surface area contributed by atoms with E-state index >= 15 is 0 Å². The highest BCUT2D eigenvalue weighted by Gasteiger charge is 2.39. The van der Waals surface area contributed by atoms with Crippen LogP contribution in [0.5, 0.6) is 23.0 Å². The molecule has 0 aliphatic carbocycles. The van der Waals surface area contributed by atoms with E-state index in [0.717, 1.165) is 5.56 Å². The average Bonchev–Trinajstić information content (AvgIpc) is 3.48. The second kappa shape index (κ2) is 6.25. The summed E-state index contributed by atoms with van der Waals surface area (Å²) in [6, 6.07) is 12.2. The number of Topliss-reactive ketones (excluding diaryl/α,β-unsaturated/α-hetero) is 1. The van der Waals surface area contributed by atoms with E-state index in [1.165, 1.54) is 0 Å². The van der Waals surface area contributed by atoms with Gasteiger partial charge in [-0.25, -0.2) is 0 Å². The fourth-order valence-corrected chi connectivity index (χ4v) is 3.99. The van der Waals surface area contributed by atoms with Crippen molar-refractivity contribution >= 4 is 17.8 Å². The van der Waals surface area contributed by atoms with Crippen LogP contribution in [-0.4, -0.2) is 18.5 Å². The van der Waals surface area contributed by atoms with Crippen LogP contribution < -0.4 is 18.9 Å². The molecule has 7 heteroatoms. The number of furan rings is 1. The van der Waals surface area contributed by atoms with Crippen LogP contribution in [0.4, 0.5) is 0 Å². The number of carbonyl (C=O) groups excluding carboxylic acids is 2. The number of hydrogen-bond acceptors (Lipinski definition) is 7. The summed E-state index contributed by atoms with van der Waals surface area (Å²) >= 11 is 0. The molecule has 0 N–H and O–H groups in total. The van der Waals surface area contributed by atoms with Gasteiger partial charge in [0.15, 0.2) is 17.3 Å². The summed E-state index contributed by atoms with van der Waals surface area (Å²) in [6.07, 6.45) is 3.32. The summed E-state index contributed by atoms with van der Waals surface area (Å²) in [5, 5.41) is 0. The maximum atomic E-state index is 13.0. The van der Waals surface area contributed by atoms with Crippen molar-refractivity contribution in [1.82, 2.24) is 0 Å². The van der Waals surface area contributed by atoms with E-state index in [4.69, 9.17) is 23.4 Å². The Kier molecular flexibility index (Phi) is 3.52. The Labute approximate surface area is 170 Å². The Morgan fingerprint density at radius 3 is 2.67 bits per heavy atom. The van der Waals surface area contributed by atoms with Gasteiger partial charge in [-0.05, 0) is 48.0 Å². The zero-order valence-electron chi connectivity index (χ0n) is 15.5.